The van der Waals surface area contributed by atoms with Gasteiger partial charge in [-0.05, 0) is 43.7 Å². The van der Waals surface area contributed by atoms with Crippen LogP contribution in [-0.2, 0) is 14.6 Å². The smallest absolute Gasteiger partial charge is 0.299 e. The number of terminal acetylenes is 1. The Morgan fingerprint density at radius 1 is 1.38 bits per heavy atom. The molecule has 0 saturated carbocycles. The first-order valence-corrected chi connectivity index (χ1v) is 8.76. The number of rotatable bonds is 6. The maximum absolute atomic E-state index is 12.4. The minimum atomic E-state index is -4.63. The van der Waals surface area contributed by atoms with Gasteiger partial charge in [0.1, 0.15) is 0 Å². The van der Waals surface area contributed by atoms with Crippen LogP contribution < -0.4 is 10.9 Å². The lowest BCUT2D eigenvalue weighted by Gasteiger charge is -2.21. The van der Waals surface area contributed by atoms with Crippen LogP contribution in [0.1, 0.15) is 12.8 Å². The molecule has 0 aromatic heterocycles. The van der Waals surface area contributed by atoms with Crippen molar-refractivity contribution in [3.63, 3.8) is 0 Å². The first-order valence-electron chi connectivity index (χ1n) is 7.21. The Morgan fingerprint density at radius 2 is 2.04 bits per heavy atom. The van der Waals surface area contributed by atoms with Gasteiger partial charge in [0, 0.05) is 0 Å². The van der Waals surface area contributed by atoms with Gasteiger partial charge in [-0.3, -0.25) is 20.5 Å². The van der Waals surface area contributed by atoms with Crippen LogP contribution in [0.4, 0.5) is 14.5 Å². The van der Waals surface area contributed by atoms with Crippen molar-refractivity contribution in [2.24, 2.45) is 0 Å². The lowest BCUT2D eigenvalue weighted by atomic mass is 10.2. The number of hydrogen-bond acceptors (Lipinski definition) is 5. The molecule has 1 heterocycles. The quantitative estimate of drug-likeness (QED) is 0.591. The molecule has 0 unspecified atom stereocenters. The first kappa shape index (κ1) is 18.2. The molecule has 130 valence electrons. The number of nitrogens with one attached hydrogen (secondary N) is 2. The Morgan fingerprint density at radius 3 is 2.62 bits per heavy atom. The summed E-state index contributed by atoms with van der Waals surface area (Å²) in [5.74, 6) is -1.22. The molecule has 1 fully saturated rings. The molecule has 24 heavy (non-hydrogen) atoms. The number of sulfone groups is 1. The molecular formula is C15H17F2N3O3S. The van der Waals surface area contributed by atoms with Crippen molar-refractivity contribution in [1.82, 2.24) is 10.3 Å². The zero-order valence-corrected chi connectivity index (χ0v) is 13.5. The predicted octanol–water partition coefficient (Wildman–Crippen LogP) is 1.22. The van der Waals surface area contributed by atoms with E-state index in [1.165, 1.54) is 12.1 Å². The van der Waals surface area contributed by atoms with E-state index in [0.717, 1.165) is 25.1 Å². The van der Waals surface area contributed by atoms with Gasteiger partial charge in [-0.1, -0.05) is 5.92 Å². The standard InChI is InChI=1S/C15H17F2N3O3S/c1-2-9-20-10-3-4-13(20)14(21)19-18-11-5-7-12(8-6-11)24(22,23)15(16)17/h1,5-8,13,15,18H,3-4,9-10H2,(H,19,21)/t13-/m0/s1. The van der Waals surface area contributed by atoms with E-state index in [2.05, 4.69) is 16.8 Å². The number of alkyl halides is 2. The maximum Gasteiger partial charge on any atom is 0.341 e. The largest absolute Gasteiger partial charge is 0.341 e. The van der Waals surface area contributed by atoms with Gasteiger partial charge in [-0.15, -0.1) is 6.42 Å². The molecule has 2 rings (SSSR count). The number of benzene rings is 1. The van der Waals surface area contributed by atoms with Gasteiger partial charge in [0.25, 0.3) is 5.91 Å². The second kappa shape index (κ2) is 7.59. The predicted molar refractivity (Wildman–Crippen MR) is 84.8 cm³/mol. The van der Waals surface area contributed by atoms with Gasteiger partial charge >= 0.3 is 5.76 Å². The van der Waals surface area contributed by atoms with Crippen molar-refractivity contribution in [2.75, 3.05) is 18.5 Å². The van der Waals surface area contributed by atoms with Crippen molar-refractivity contribution >= 4 is 21.4 Å². The van der Waals surface area contributed by atoms with Gasteiger partial charge in [0.05, 0.1) is 23.2 Å². The van der Waals surface area contributed by atoms with E-state index in [1.54, 1.807) is 0 Å². The molecule has 1 aliphatic heterocycles. The molecule has 0 bridgehead atoms. The van der Waals surface area contributed by atoms with Crippen LogP contribution in [0.3, 0.4) is 0 Å². The van der Waals surface area contributed by atoms with Crippen molar-refractivity contribution in [1.29, 1.82) is 0 Å². The monoisotopic (exact) mass is 357 g/mol. The number of amides is 1. The Bertz CT molecular complexity index is 729. The lowest BCUT2D eigenvalue weighted by Crippen LogP contribution is -2.45. The zero-order valence-electron chi connectivity index (χ0n) is 12.7. The van der Waals surface area contributed by atoms with Crippen LogP contribution in [-0.4, -0.2) is 44.1 Å². The van der Waals surface area contributed by atoms with Gasteiger partial charge < -0.3 is 0 Å². The Balaban J connectivity index is 1.95. The second-order valence-electron chi connectivity index (χ2n) is 5.28. The van der Waals surface area contributed by atoms with Crippen LogP contribution >= 0.6 is 0 Å². The highest BCUT2D eigenvalue weighted by atomic mass is 32.2. The number of hydrazine groups is 1. The average molecular weight is 357 g/mol. The molecule has 1 amide bonds. The highest BCUT2D eigenvalue weighted by molar-refractivity contribution is 7.91. The summed E-state index contributed by atoms with van der Waals surface area (Å²) in [6.07, 6.45) is 6.83. The van der Waals surface area contributed by atoms with Gasteiger partial charge in [-0.2, -0.15) is 8.78 Å². The Labute approximate surface area is 139 Å². The molecular weight excluding hydrogens is 340 g/mol. The Kier molecular flexibility index (Phi) is 5.75. The van der Waals surface area contributed by atoms with E-state index in [0.29, 0.717) is 18.7 Å². The fraction of sp³-hybridized carbons (Fsp3) is 0.400. The van der Waals surface area contributed by atoms with Crippen molar-refractivity contribution in [2.45, 2.75) is 29.5 Å². The van der Waals surface area contributed by atoms with Crippen LogP contribution in [0.25, 0.3) is 0 Å². The number of hydrogen-bond donors (Lipinski definition) is 2. The minimum absolute atomic E-state index is 0.257. The molecule has 9 heteroatoms. The molecule has 6 nitrogen and oxygen atoms in total. The first-order chi connectivity index (χ1) is 11.4. The summed E-state index contributed by atoms with van der Waals surface area (Å²) in [4.78, 5) is 13.5. The normalized spacial score (nSPS) is 18.3. The number of carbonyl (C=O) groups excluding carboxylic acids is 1. The summed E-state index contributed by atoms with van der Waals surface area (Å²) in [6, 6.07) is 4.37. The fourth-order valence-corrected chi connectivity index (χ4v) is 3.20. The van der Waals surface area contributed by atoms with Gasteiger partial charge in [-0.25, -0.2) is 8.42 Å². The summed E-state index contributed by atoms with van der Waals surface area (Å²) in [7, 11) is -4.63. The molecule has 1 aromatic rings. The third-order valence-electron chi connectivity index (χ3n) is 3.71. The molecule has 1 aromatic carbocycles. The highest BCUT2D eigenvalue weighted by Gasteiger charge is 2.30. The topological polar surface area (TPSA) is 78.5 Å². The van der Waals surface area contributed by atoms with E-state index >= 15 is 0 Å². The second-order valence-corrected chi connectivity index (χ2v) is 7.19. The number of carbonyl (C=O) groups is 1. The molecule has 0 spiro atoms. The number of halogens is 2. The highest BCUT2D eigenvalue weighted by Crippen LogP contribution is 2.20. The zero-order chi connectivity index (χ0) is 17.7. The fourth-order valence-electron chi connectivity index (χ4n) is 2.48. The van der Waals surface area contributed by atoms with E-state index in [9.17, 15) is 22.0 Å². The van der Waals surface area contributed by atoms with Crippen LogP contribution in [0, 0.1) is 12.3 Å². The third kappa shape index (κ3) is 4.01. The summed E-state index contributed by atoms with van der Waals surface area (Å²) >= 11 is 0. The van der Waals surface area contributed by atoms with Crippen LogP contribution in [0.2, 0.25) is 0 Å². The summed E-state index contributed by atoms with van der Waals surface area (Å²) in [5.41, 5.74) is 5.52. The van der Waals surface area contributed by atoms with Gasteiger partial charge in [0.15, 0.2) is 0 Å². The molecule has 1 atom stereocenters. The molecule has 0 radical (unpaired) electrons. The third-order valence-corrected chi connectivity index (χ3v) is 5.11. The Hall–Kier alpha value is -2.18. The van der Waals surface area contributed by atoms with Crippen molar-refractivity contribution in [3.8, 4) is 12.3 Å². The van der Waals surface area contributed by atoms with E-state index in [1.807, 2.05) is 4.90 Å². The van der Waals surface area contributed by atoms with Gasteiger partial charge in [0.2, 0.25) is 9.84 Å². The molecule has 2 N–H and O–H groups in total. The SMILES string of the molecule is C#CCN1CCC[C@H]1C(=O)NNc1ccc(S(=O)(=O)C(F)F)cc1. The van der Waals surface area contributed by atoms with Crippen molar-refractivity contribution in [3.05, 3.63) is 24.3 Å². The van der Waals surface area contributed by atoms with E-state index in [-0.39, 0.29) is 11.9 Å². The average Bonchev–Trinajstić information content (AvgIpc) is 3.01. The minimum Gasteiger partial charge on any atom is -0.299 e. The summed E-state index contributed by atoms with van der Waals surface area (Å²) < 4.78 is 47.5. The summed E-state index contributed by atoms with van der Waals surface area (Å²) in [6.45, 7) is 1.14. The molecule has 0 aliphatic carbocycles. The van der Waals surface area contributed by atoms with E-state index < -0.39 is 20.5 Å². The number of likely N-dealkylation sites (tertiary alicyclic amines) is 1. The maximum atomic E-state index is 12.4. The lowest BCUT2D eigenvalue weighted by molar-refractivity contribution is -0.124. The number of anilines is 1. The summed E-state index contributed by atoms with van der Waals surface area (Å²) in [5, 5.41) is 0. The van der Waals surface area contributed by atoms with Crippen LogP contribution in [0.15, 0.2) is 29.2 Å². The van der Waals surface area contributed by atoms with Crippen molar-refractivity contribution < 1.29 is 22.0 Å². The number of nitrogens with zero attached hydrogens (tertiary/aromatic N) is 1. The molecule has 1 saturated heterocycles. The van der Waals surface area contributed by atoms with E-state index in [4.69, 9.17) is 6.42 Å². The molecule has 1 aliphatic rings. The van der Waals surface area contributed by atoms with Crippen LogP contribution in [0.5, 0.6) is 0 Å².